The number of hydrogen-bond donors (Lipinski definition) is 2. The maximum Gasteiger partial charge on any atom is 0.254 e. The number of carbonyl (C=O) groups is 3. The molecule has 0 radical (unpaired) electrons. The van der Waals surface area contributed by atoms with Gasteiger partial charge in [0.25, 0.3) is 5.91 Å². The molecule has 0 bridgehead atoms. The molecule has 3 aromatic rings. The Kier molecular flexibility index (Phi) is 8.55. The minimum Gasteiger partial charge on any atom is -0.508 e. The third-order valence-corrected chi connectivity index (χ3v) is 9.86. The van der Waals surface area contributed by atoms with E-state index >= 15 is 0 Å². The van der Waals surface area contributed by atoms with E-state index in [1.807, 2.05) is 40.1 Å². The van der Waals surface area contributed by atoms with E-state index in [2.05, 4.69) is 33.9 Å². The predicted molar refractivity (Wildman–Crippen MR) is 169 cm³/mol. The number of nitrogens with one attached hydrogen (secondary N) is 1. The van der Waals surface area contributed by atoms with Gasteiger partial charge in [-0.3, -0.25) is 29.2 Å². The number of phenols is 1. The van der Waals surface area contributed by atoms with Crippen LogP contribution >= 0.6 is 0 Å². The number of piperazine rings is 1. The van der Waals surface area contributed by atoms with Gasteiger partial charge in [0, 0.05) is 68.1 Å². The minimum absolute atomic E-state index is 0.0203. The lowest BCUT2D eigenvalue weighted by Gasteiger charge is -2.51. The summed E-state index contributed by atoms with van der Waals surface area (Å²) in [4.78, 5) is 52.6. The highest BCUT2D eigenvalue weighted by Gasteiger charge is 2.41. The van der Waals surface area contributed by atoms with Gasteiger partial charge in [0.15, 0.2) is 0 Å². The number of fused-ring (bicyclic) bond motifs is 1. The quantitative estimate of drug-likeness (QED) is 0.419. The average Bonchev–Trinajstić information content (AvgIpc) is 3.50. The molecule has 3 fully saturated rings. The number of piperidine rings is 1. The molecular weight excluding hydrogens is 556 g/mol. The van der Waals surface area contributed by atoms with Crippen molar-refractivity contribution in [2.75, 3.05) is 57.7 Å². The van der Waals surface area contributed by atoms with Gasteiger partial charge in [-0.05, 0) is 76.1 Å². The predicted octanol–water partition coefficient (Wildman–Crippen LogP) is 3.43. The first kappa shape index (κ1) is 30.0. The molecule has 0 spiro atoms. The second-order valence-electron chi connectivity index (χ2n) is 12.8. The number of nitrogens with zero attached hydrogens (tertiary/aromatic N) is 5. The fraction of sp³-hybridized carbons (Fsp3) is 0.471. The number of para-hydroxylation sites is 1. The minimum atomic E-state index is -0.166. The number of aromatic nitrogens is 1. The molecule has 2 atom stereocenters. The zero-order chi connectivity index (χ0) is 30.8. The van der Waals surface area contributed by atoms with Crippen molar-refractivity contribution in [3.05, 3.63) is 66.4 Å². The third kappa shape index (κ3) is 6.27. The van der Waals surface area contributed by atoms with Gasteiger partial charge in [-0.1, -0.05) is 18.2 Å². The van der Waals surface area contributed by atoms with Gasteiger partial charge >= 0.3 is 0 Å². The number of anilines is 1. The Hall–Kier alpha value is -4.02. The number of rotatable bonds is 6. The van der Waals surface area contributed by atoms with Crippen LogP contribution < -0.4 is 5.32 Å². The molecule has 3 saturated heterocycles. The molecule has 10 nitrogen and oxygen atoms in total. The van der Waals surface area contributed by atoms with Gasteiger partial charge in [0.2, 0.25) is 11.8 Å². The molecule has 3 aliphatic rings. The number of benzene rings is 2. The van der Waals surface area contributed by atoms with Crippen LogP contribution in [-0.4, -0.2) is 111 Å². The Labute approximate surface area is 258 Å². The van der Waals surface area contributed by atoms with Crippen LogP contribution in [0.2, 0.25) is 0 Å². The molecule has 2 N–H and O–H groups in total. The maximum absolute atomic E-state index is 13.5. The first-order chi connectivity index (χ1) is 21.2. The third-order valence-electron chi connectivity index (χ3n) is 9.86. The van der Waals surface area contributed by atoms with Gasteiger partial charge < -0.3 is 20.2 Å². The Morgan fingerprint density at radius 1 is 0.955 bits per heavy atom. The van der Waals surface area contributed by atoms with E-state index in [0.717, 1.165) is 49.8 Å². The van der Waals surface area contributed by atoms with Crippen molar-refractivity contribution in [3.8, 4) is 5.75 Å². The summed E-state index contributed by atoms with van der Waals surface area (Å²) in [5, 5.41) is 13.3. The topological polar surface area (TPSA) is 109 Å². The van der Waals surface area contributed by atoms with Crippen molar-refractivity contribution in [2.45, 2.75) is 44.7 Å². The van der Waals surface area contributed by atoms with E-state index in [-0.39, 0.29) is 41.0 Å². The van der Waals surface area contributed by atoms with E-state index in [1.54, 1.807) is 30.5 Å². The SMILES string of the molecule is C[C@H]1CN(C2(C)CCN(C(=O)c3ccnc4ccccc34)CC2)CCN1C(=O)CN1CCC(C(=O)Nc2ccc(O)cc2)C1. The molecular formula is C34H42N6O4. The van der Waals surface area contributed by atoms with Gasteiger partial charge in [-0.15, -0.1) is 0 Å². The van der Waals surface area contributed by atoms with E-state index < -0.39 is 0 Å². The largest absolute Gasteiger partial charge is 0.508 e. The lowest BCUT2D eigenvalue weighted by atomic mass is 9.86. The summed E-state index contributed by atoms with van der Waals surface area (Å²) in [5.74, 6) is 0.123. The van der Waals surface area contributed by atoms with Crippen molar-refractivity contribution in [1.29, 1.82) is 0 Å². The fourth-order valence-electron chi connectivity index (χ4n) is 7.04. The number of phenolic OH excluding ortho intramolecular Hbond substituents is 1. The van der Waals surface area contributed by atoms with E-state index in [4.69, 9.17) is 0 Å². The summed E-state index contributed by atoms with van der Waals surface area (Å²) < 4.78 is 0. The number of aromatic hydroxyl groups is 1. The molecule has 232 valence electrons. The molecule has 2 aromatic carbocycles. The van der Waals surface area contributed by atoms with E-state index in [1.165, 1.54) is 0 Å². The molecule has 1 aromatic heterocycles. The van der Waals surface area contributed by atoms with Crippen molar-refractivity contribution < 1.29 is 19.5 Å². The van der Waals surface area contributed by atoms with Crippen molar-refractivity contribution in [2.24, 2.45) is 5.92 Å². The van der Waals surface area contributed by atoms with E-state index in [9.17, 15) is 19.5 Å². The van der Waals surface area contributed by atoms with Gasteiger partial charge in [0.05, 0.1) is 23.5 Å². The Balaban J connectivity index is 0.979. The standard InChI is InChI=1S/C34H42N6O4/c1-24-21-39(34(2)13-17-38(18-14-34)33(44)29-11-15-35-30-6-4-3-5-28(29)30)19-20-40(24)31(42)23-37-16-12-25(22-37)32(43)36-26-7-9-27(41)10-8-26/h3-11,15,24-25,41H,12-14,16-23H2,1-2H3,(H,36,43)/t24-,25?/m0/s1. The average molecular weight is 599 g/mol. The highest BCUT2D eigenvalue weighted by Crippen LogP contribution is 2.32. The molecule has 44 heavy (non-hydrogen) atoms. The fourth-order valence-corrected chi connectivity index (χ4v) is 7.04. The number of likely N-dealkylation sites (tertiary alicyclic amines) is 2. The highest BCUT2D eigenvalue weighted by atomic mass is 16.3. The molecule has 10 heteroatoms. The molecule has 3 amide bonds. The van der Waals surface area contributed by atoms with Crippen molar-refractivity contribution in [3.63, 3.8) is 0 Å². The Morgan fingerprint density at radius 2 is 1.70 bits per heavy atom. The second kappa shape index (κ2) is 12.5. The molecule has 4 heterocycles. The van der Waals surface area contributed by atoms with Crippen LogP contribution in [-0.2, 0) is 9.59 Å². The molecule has 3 aliphatic heterocycles. The lowest BCUT2D eigenvalue weighted by molar-refractivity contribution is -0.138. The van der Waals surface area contributed by atoms with Gasteiger partial charge in [0.1, 0.15) is 5.75 Å². The zero-order valence-corrected chi connectivity index (χ0v) is 25.6. The first-order valence-corrected chi connectivity index (χ1v) is 15.7. The Bertz CT molecular complexity index is 1510. The van der Waals surface area contributed by atoms with Crippen molar-refractivity contribution in [1.82, 2.24) is 24.6 Å². The van der Waals surface area contributed by atoms with Gasteiger partial charge in [-0.25, -0.2) is 0 Å². The van der Waals surface area contributed by atoms with Crippen LogP contribution in [0.3, 0.4) is 0 Å². The molecule has 1 unspecified atom stereocenters. The Morgan fingerprint density at radius 3 is 2.45 bits per heavy atom. The lowest BCUT2D eigenvalue weighted by Crippen LogP contribution is -2.63. The zero-order valence-electron chi connectivity index (χ0n) is 25.6. The highest BCUT2D eigenvalue weighted by molar-refractivity contribution is 6.06. The summed E-state index contributed by atoms with van der Waals surface area (Å²) in [6.45, 7) is 9.74. The van der Waals surface area contributed by atoms with Crippen LogP contribution in [0.25, 0.3) is 10.9 Å². The maximum atomic E-state index is 13.5. The number of amides is 3. The van der Waals surface area contributed by atoms with Crippen molar-refractivity contribution >= 4 is 34.3 Å². The van der Waals surface area contributed by atoms with Crippen LogP contribution in [0.15, 0.2) is 60.8 Å². The second-order valence-corrected chi connectivity index (χ2v) is 12.8. The summed E-state index contributed by atoms with van der Waals surface area (Å²) in [5.41, 5.74) is 2.18. The van der Waals surface area contributed by atoms with E-state index in [0.29, 0.717) is 44.0 Å². The van der Waals surface area contributed by atoms with Crippen LogP contribution in [0.4, 0.5) is 5.69 Å². The van der Waals surface area contributed by atoms with Crippen LogP contribution in [0.1, 0.15) is 43.5 Å². The molecule has 6 rings (SSSR count). The van der Waals surface area contributed by atoms with Crippen LogP contribution in [0, 0.1) is 5.92 Å². The molecule has 0 saturated carbocycles. The number of carbonyl (C=O) groups excluding carboxylic acids is 3. The summed E-state index contributed by atoms with van der Waals surface area (Å²) in [6.07, 6.45) is 4.22. The van der Waals surface area contributed by atoms with Crippen LogP contribution in [0.5, 0.6) is 5.75 Å². The number of hydrogen-bond acceptors (Lipinski definition) is 7. The summed E-state index contributed by atoms with van der Waals surface area (Å²) in [6, 6.07) is 16.2. The van der Waals surface area contributed by atoms with Gasteiger partial charge in [-0.2, -0.15) is 0 Å². The normalized spacial score (nSPS) is 22.7. The monoisotopic (exact) mass is 598 g/mol. The first-order valence-electron chi connectivity index (χ1n) is 15.7. The summed E-state index contributed by atoms with van der Waals surface area (Å²) in [7, 11) is 0. The smallest absolute Gasteiger partial charge is 0.254 e. The summed E-state index contributed by atoms with van der Waals surface area (Å²) >= 11 is 0. The number of pyridine rings is 1. The molecule has 0 aliphatic carbocycles.